The van der Waals surface area contributed by atoms with Crippen LogP contribution in [-0.4, -0.2) is 45.9 Å². The molecule has 1 aromatic heterocycles. The second-order valence-corrected chi connectivity index (χ2v) is 4.08. The maximum Gasteiger partial charge on any atom is 0.242 e. The van der Waals surface area contributed by atoms with Crippen LogP contribution < -0.4 is 5.32 Å². The van der Waals surface area contributed by atoms with Crippen molar-refractivity contribution in [3.8, 4) is 0 Å². The number of hydrogen-bond acceptors (Lipinski definition) is 3. The van der Waals surface area contributed by atoms with Gasteiger partial charge in [0.05, 0.1) is 6.54 Å². The molecule has 1 N–H and O–H groups in total. The van der Waals surface area contributed by atoms with Crippen molar-refractivity contribution in [2.75, 3.05) is 19.6 Å². The van der Waals surface area contributed by atoms with Crippen LogP contribution >= 0.6 is 0 Å². The fraction of sp³-hybridized carbons (Fsp3) is 0.545. The van der Waals surface area contributed by atoms with Crippen molar-refractivity contribution < 1.29 is 9.59 Å². The Bertz CT molecular complexity index is 427. The van der Waals surface area contributed by atoms with E-state index in [0.29, 0.717) is 26.1 Å². The zero-order valence-corrected chi connectivity index (χ0v) is 9.85. The van der Waals surface area contributed by atoms with Gasteiger partial charge in [0.15, 0.2) is 0 Å². The van der Waals surface area contributed by atoms with Crippen LogP contribution in [0, 0.1) is 6.92 Å². The lowest BCUT2D eigenvalue weighted by atomic mass is 10.3. The number of imidazole rings is 1. The van der Waals surface area contributed by atoms with Crippen molar-refractivity contribution in [2.45, 2.75) is 19.9 Å². The molecule has 6 nitrogen and oxygen atoms in total. The highest BCUT2D eigenvalue weighted by Gasteiger charge is 2.19. The van der Waals surface area contributed by atoms with Gasteiger partial charge in [0.2, 0.25) is 11.8 Å². The van der Waals surface area contributed by atoms with E-state index in [-0.39, 0.29) is 18.4 Å². The number of nitrogens with one attached hydrogen (secondary N) is 1. The van der Waals surface area contributed by atoms with Crippen LogP contribution in [0.4, 0.5) is 0 Å². The Kier molecular flexibility index (Phi) is 3.41. The van der Waals surface area contributed by atoms with Crippen molar-refractivity contribution >= 4 is 11.8 Å². The predicted octanol–water partition coefficient (Wildman–Crippen LogP) is -0.460. The standard InChI is InChI=1S/C11H16N4O2/c1-9-12-3-5-14(9)6-7-15-4-2-10(16)13-8-11(15)17/h3,5H,2,4,6-8H2,1H3,(H,13,16). The van der Waals surface area contributed by atoms with Gasteiger partial charge >= 0.3 is 0 Å². The van der Waals surface area contributed by atoms with E-state index in [2.05, 4.69) is 10.3 Å². The number of aryl methyl sites for hydroxylation is 1. The first-order chi connectivity index (χ1) is 8.16. The van der Waals surface area contributed by atoms with E-state index < -0.39 is 0 Å². The number of rotatable bonds is 3. The quantitative estimate of drug-likeness (QED) is 0.772. The molecule has 1 saturated heterocycles. The van der Waals surface area contributed by atoms with E-state index in [0.717, 1.165) is 5.82 Å². The lowest BCUT2D eigenvalue weighted by Gasteiger charge is -2.20. The molecule has 0 aliphatic carbocycles. The molecule has 6 heteroatoms. The Hall–Kier alpha value is -1.85. The number of carbonyl (C=O) groups is 2. The summed E-state index contributed by atoms with van der Waals surface area (Å²) in [6.07, 6.45) is 4.01. The first-order valence-corrected chi connectivity index (χ1v) is 5.69. The Morgan fingerprint density at radius 3 is 2.94 bits per heavy atom. The Balaban J connectivity index is 1.92. The van der Waals surface area contributed by atoms with Gasteiger partial charge in [-0.3, -0.25) is 9.59 Å². The summed E-state index contributed by atoms with van der Waals surface area (Å²) >= 11 is 0. The molecular weight excluding hydrogens is 220 g/mol. The van der Waals surface area contributed by atoms with Crippen LogP contribution in [0.1, 0.15) is 12.2 Å². The van der Waals surface area contributed by atoms with E-state index in [9.17, 15) is 9.59 Å². The van der Waals surface area contributed by atoms with Gasteiger partial charge in [0.25, 0.3) is 0 Å². The second kappa shape index (κ2) is 4.99. The summed E-state index contributed by atoms with van der Waals surface area (Å²) in [5.41, 5.74) is 0. The minimum Gasteiger partial charge on any atom is -0.347 e. The molecule has 0 radical (unpaired) electrons. The average molecular weight is 236 g/mol. The lowest BCUT2D eigenvalue weighted by molar-refractivity contribution is -0.130. The minimum atomic E-state index is -0.0559. The molecule has 0 spiro atoms. The number of carbonyl (C=O) groups excluding carboxylic acids is 2. The average Bonchev–Trinajstić information content (AvgIpc) is 2.64. The van der Waals surface area contributed by atoms with Crippen LogP contribution in [-0.2, 0) is 16.1 Å². The van der Waals surface area contributed by atoms with E-state index in [1.807, 2.05) is 17.7 Å². The smallest absolute Gasteiger partial charge is 0.242 e. The normalized spacial score (nSPS) is 16.9. The first-order valence-electron chi connectivity index (χ1n) is 5.69. The summed E-state index contributed by atoms with van der Waals surface area (Å²) in [4.78, 5) is 28.7. The molecule has 1 aliphatic heterocycles. The van der Waals surface area contributed by atoms with Gasteiger partial charge in [0.1, 0.15) is 5.82 Å². The highest BCUT2D eigenvalue weighted by Crippen LogP contribution is 2.01. The van der Waals surface area contributed by atoms with Crippen LogP contribution in [0.25, 0.3) is 0 Å². The van der Waals surface area contributed by atoms with Crippen LogP contribution in [0.5, 0.6) is 0 Å². The summed E-state index contributed by atoms with van der Waals surface area (Å²) in [5, 5.41) is 2.58. The van der Waals surface area contributed by atoms with Crippen molar-refractivity contribution in [1.29, 1.82) is 0 Å². The monoisotopic (exact) mass is 236 g/mol. The van der Waals surface area contributed by atoms with Crippen molar-refractivity contribution in [3.63, 3.8) is 0 Å². The molecule has 17 heavy (non-hydrogen) atoms. The highest BCUT2D eigenvalue weighted by molar-refractivity contribution is 5.87. The van der Waals surface area contributed by atoms with Crippen molar-refractivity contribution in [2.24, 2.45) is 0 Å². The van der Waals surface area contributed by atoms with Crippen LogP contribution in [0.3, 0.4) is 0 Å². The number of aromatic nitrogens is 2. The van der Waals surface area contributed by atoms with Gasteiger partial charge in [-0.05, 0) is 6.92 Å². The van der Waals surface area contributed by atoms with Gasteiger partial charge in [-0.25, -0.2) is 4.98 Å². The molecule has 1 aromatic rings. The zero-order chi connectivity index (χ0) is 12.3. The van der Waals surface area contributed by atoms with Gasteiger partial charge in [-0.1, -0.05) is 0 Å². The summed E-state index contributed by atoms with van der Waals surface area (Å²) < 4.78 is 1.99. The van der Waals surface area contributed by atoms with Crippen LogP contribution in [0.15, 0.2) is 12.4 Å². The third kappa shape index (κ3) is 2.83. The third-order valence-electron chi connectivity index (χ3n) is 2.93. The molecule has 0 unspecified atom stereocenters. The van der Waals surface area contributed by atoms with E-state index in [4.69, 9.17) is 0 Å². The molecule has 92 valence electrons. The van der Waals surface area contributed by atoms with E-state index in [1.165, 1.54) is 0 Å². The zero-order valence-electron chi connectivity index (χ0n) is 9.85. The van der Waals surface area contributed by atoms with Gasteiger partial charge in [-0.2, -0.15) is 0 Å². The topological polar surface area (TPSA) is 67.2 Å². The fourth-order valence-corrected chi connectivity index (χ4v) is 1.84. The number of hydrogen-bond donors (Lipinski definition) is 1. The molecule has 0 bridgehead atoms. The van der Waals surface area contributed by atoms with Crippen molar-refractivity contribution in [3.05, 3.63) is 18.2 Å². The summed E-state index contributed by atoms with van der Waals surface area (Å²) in [5.74, 6) is 0.856. The summed E-state index contributed by atoms with van der Waals surface area (Å²) in [6.45, 7) is 3.87. The van der Waals surface area contributed by atoms with Gasteiger partial charge in [-0.15, -0.1) is 0 Å². The lowest BCUT2D eigenvalue weighted by Crippen LogP contribution is -2.37. The maximum atomic E-state index is 11.7. The SMILES string of the molecule is Cc1nccn1CCN1CCC(=O)NCC1=O. The Labute approximate surface area is 99.6 Å². The van der Waals surface area contributed by atoms with E-state index >= 15 is 0 Å². The van der Waals surface area contributed by atoms with Crippen molar-refractivity contribution in [1.82, 2.24) is 19.8 Å². The minimum absolute atomic E-state index is 0.0198. The summed E-state index contributed by atoms with van der Waals surface area (Å²) in [7, 11) is 0. The predicted molar refractivity (Wildman–Crippen MR) is 61.2 cm³/mol. The molecule has 0 atom stereocenters. The largest absolute Gasteiger partial charge is 0.347 e. The Morgan fingerprint density at radius 1 is 1.41 bits per heavy atom. The van der Waals surface area contributed by atoms with Gasteiger partial charge < -0.3 is 14.8 Å². The number of nitrogens with zero attached hydrogens (tertiary/aromatic N) is 3. The molecule has 0 saturated carbocycles. The molecular formula is C11H16N4O2. The maximum absolute atomic E-state index is 11.7. The highest BCUT2D eigenvalue weighted by atomic mass is 16.2. The molecule has 1 fully saturated rings. The van der Waals surface area contributed by atoms with Crippen LogP contribution in [0.2, 0.25) is 0 Å². The van der Waals surface area contributed by atoms with E-state index in [1.54, 1.807) is 11.1 Å². The Morgan fingerprint density at radius 2 is 2.24 bits per heavy atom. The fourth-order valence-electron chi connectivity index (χ4n) is 1.84. The summed E-state index contributed by atoms with van der Waals surface area (Å²) in [6, 6.07) is 0. The van der Waals surface area contributed by atoms with Gasteiger partial charge in [0, 0.05) is 38.4 Å². The molecule has 1 aliphatic rings. The second-order valence-electron chi connectivity index (χ2n) is 4.08. The molecule has 0 aromatic carbocycles. The molecule has 2 amide bonds. The molecule has 2 rings (SSSR count). The first kappa shape index (κ1) is 11.6. The number of amides is 2. The third-order valence-corrected chi connectivity index (χ3v) is 2.93. The molecule has 2 heterocycles.